The third-order valence-corrected chi connectivity index (χ3v) is 4.86. The first-order valence-corrected chi connectivity index (χ1v) is 8.57. The number of anilines is 1. The highest BCUT2D eigenvalue weighted by atomic mass is 32.1. The summed E-state index contributed by atoms with van der Waals surface area (Å²) >= 11 is 1.19. The number of aliphatic hydroxyl groups excluding tert-OH is 1. The normalized spacial score (nSPS) is 15.5. The lowest BCUT2D eigenvalue weighted by Gasteiger charge is -2.05. The number of hydrogen-bond donors (Lipinski definition) is 3. The van der Waals surface area contributed by atoms with E-state index < -0.39 is 17.1 Å². The summed E-state index contributed by atoms with van der Waals surface area (Å²) in [6.45, 7) is 0. The molecule has 0 aliphatic heterocycles. The number of aromatic nitrogens is 3. The van der Waals surface area contributed by atoms with Gasteiger partial charge in [0.1, 0.15) is 16.6 Å². The van der Waals surface area contributed by atoms with Gasteiger partial charge in [-0.3, -0.25) is 9.59 Å². The van der Waals surface area contributed by atoms with E-state index in [1.807, 2.05) is 0 Å². The molecule has 4 N–H and O–H groups in total. The highest BCUT2D eigenvalue weighted by Crippen LogP contribution is 2.28. The number of fused-ring (bicyclic) bond motifs is 1. The number of allylic oxidation sites excluding steroid dienone is 4. The highest BCUT2D eigenvalue weighted by molar-refractivity contribution is 7.19. The van der Waals surface area contributed by atoms with Crippen molar-refractivity contribution in [2.75, 3.05) is 5.73 Å². The summed E-state index contributed by atoms with van der Waals surface area (Å²) in [5.74, 6) is -0.698. The quantitative estimate of drug-likeness (QED) is 0.620. The Morgan fingerprint density at radius 1 is 1.11 bits per heavy atom. The van der Waals surface area contributed by atoms with Crippen LogP contribution in [0.4, 0.5) is 5.82 Å². The number of phenolic OH excluding ortho intramolecular Hbond substituents is 1. The third kappa shape index (κ3) is 3.00. The average molecular weight is 380 g/mol. The van der Waals surface area contributed by atoms with Gasteiger partial charge in [0.2, 0.25) is 10.7 Å². The van der Waals surface area contributed by atoms with Crippen LogP contribution in [-0.4, -0.2) is 30.6 Å². The molecule has 0 amide bonds. The van der Waals surface area contributed by atoms with Crippen molar-refractivity contribution >= 4 is 34.0 Å². The van der Waals surface area contributed by atoms with Gasteiger partial charge in [-0.2, -0.15) is 14.6 Å². The van der Waals surface area contributed by atoms with Crippen molar-refractivity contribution in [2.24, 2.45) is 0 Å². The van der Waals surface area contributed by atoms with E-state index in [1.165, 1.54) is 52.3 Å². The third-order valence-electron chi connectivity index (χ3n) is 3.90. The Kier molecular flexibility index (Phi) is 3.85. The molecule has 1 aromatic carbocycles. The lowest BCUT2D eigenvalue weighted by molar-refractivity contribution is -0.113. The van der Waals surface area contributed by atoms with E-state index in [4.69, 9.17) is 5.73 Å². The van der Waals surface area contributed by atoms with Gasteiger partial charge in [0, 0.05) is 5.56 Å². The second kappa shape index (κ2) is 6.22. The van der Waals surface area contributed by atoms with Crippen molar-refractivity contribution in [1.82, 2.24) is 14.6 Å². The molecule has 9 heteroatoms. The largest absolute Gasteiger partial charge is 0.508 e. The topological polar surface area (TPSA) is 131 Å². The van der Waals surface area contributed by atoms with Gasteiger partial charge in [-0.05, 0) is 48.1 Å². The van der Waals surface area contributed by atoms with Crippen LogP contribution in [0.25, 0.3) is 21.6 Å². The Bertz CT molecular complexity index is 1230. The minimum atomic E-state index is -0.543. The van der Waals surface area contributed by atoms with Crippen molar-refractivity contribution in [2.45, 2.75) is 0 Å². The second-order valence-electron chi connectivity index (χ2n) is 5.74. The van der Waals surface area contributed by atoms with Crippen molar-refractivity contribution in [1.29, 1.82) is 0 Å². The first kappa shape index (κ1) is 16.7. The average Bonchev–Trinajstić information content (AvgIpc) is 3.06. The lowest BCUT2D eigenvalue weighted by atomic mass is 10.1. The van der Waals surface area contributed by atoms with E-state index in [0.717, 1.165) is 5.56 Å². The Balaban J connectivity index is 1.84. The van der Waals surface area contributed by atoms with Gasteiger partial charge < -0.3 is 15.9 Å². The number of rotatable bonds is 2. The van der Waals surface area contributed by atoms with Gasteiger partial charge in [-0.1, -0.05) is 17.4 Å². The summed E-state index contributed by atoms with van der Waals surface area (Å²) in [4.78, 5) is 28.0. The molecule has 0 spiro atoms. The number of nitrogen functional groups attached to an aromatic ring is 1. The molecule has 2 aromatic heterocycles. The Hall–Kier alpha value is -3.72. The Morgan fingerprint density at radius 3 is 2.56 bits per heavy atom. The molecule has 0 bridgehead atoms. The summed E-state index contributed by atoms with van der Waals surface area (Å²) in [5.41, 5.74) is 6.87. The number of ketones is 1. The monoisotopic (exact) mass is 380 g/mol. The summed E-state index contributed by atoms with van der Waals surface area (Å²) < 4.78 is 1.36. The molecule has 0 atom stereocenters. The van der Waals surface area contributed by atoms with Crippen molar-refractivity contribution in [3.05, 3.63) is 69.7 Å². The number of nitrogens with zero attached hydrogens (tertiary/aromatic N) is 3. The van der Waals surface area contributed by atoms with Gasteiger partial charge in [0.05, 0.1) is 5.56 Å². The number of phenols is 1. The molecule has 0 saturated heterocycles. The van der Waals surface area contributed by atoms with Gasteiger partial charge in [0.25, 0.3) is 5.56 Å². The van der Waals surface area contributed by atoms with E-state index in [0.29, 0.717) is 15.5 Å². The maximum Gasteiger partial charge on any atom is 0.283 e. The molecule has 0 unspecified atom stereocenters. The molecule has 134 valence electrons. The summed E-state index contributed by atoms with van der Waals surface area (Å²) in [5, 5.41) is 23.9. The van der Waals surface area contributed by atoms with Crippen LogP contribution in [0.5, 0.6) is 5.75 Å². The predicted molar refractivity (Wildman–Crippen MR) is 101 cm³/mol. The van der Waals surface area contributed by atoms with Gasteiger partial charge in [0.15, 0.2) is 5.76 Å². The number of hydrogen-bond acceptors (Lipinski definition) is 8. The number of benzene rings is 1. The fourth-order valence-corrected chi connectivity index (χ4v) is 3.43. The van der Waals surface area contributed by atoms with Crippen LogP contribution in [0.1, 0.15) is 5.56 Å². The van der Waals surface area contributed by atoms with Crippen LogP contribution in [0.3, 0.4) is 0 Å². The maximum absolute atomic E-state index is 12.4. The maximum atomic E-state index is 12.4. The number of carbonyl (C=O) groups excluding carboxylic acids is 1. The molecule has 2 heterocycles. The zero-order valence-electron chi connectivity index (χ0n) is 13.7. The zero-order chi connectivity index (χ0) is 19.1. The van der Waals surface area contributed by atoms with Crippen LogP contribution in [0.2, 0.25) is 0 Å². The van der Waals surface area contributed by atoms with E-state index >= 15 is 0 Å². The van der Waals surface area contributed by atoms with Crippen LogP contribution in [0, 0.1) is 0 Å². The first-order chi connectivity index (χ1) is 12.9. The standard InChI is InChI=1S/C18H12N4O4S/c19-15-12(7-9-1-6-13(24)14(25)8-9)16(26)20-18-22(15)21-17(27-18)10-2-4-11(23)5-3-10/h1-8,23,25H,19H2. The van der Waals surface area contributed by atoms with Crippen molar-refractivity contribution in [3.63, 3.8) is 0 Å². The number of aliphatic hydroxyl groups is 1. The van der Waals surface area contributed by atoms with E-state index in [-0.39, 0.29) is 17.1 Å². The molecule has 8 nitrogen and oxygen atoms in total. The van der Waals surface area contributed by atoms with Crippen LogP contribution in [-0.2, 0) is 4.79 Å². The minimum Gasteiger partial charge on any atom is -0.508 e. The molecule has 0 radical (unpaired) electrons. The Labute approximate surface area is 155 Å². The van der Waals surface area contributed by atoms with Crippen LogP contribution < -0.4 is 11.3 Å². The van der Waals surface area contributed by atoms with Crippen molar-refractivity contribution < 1.29 is 15.0 Å². The van der Waals surface area contributed by atoms with E-state index in [9.17, 15) is 19.8 Å². The van der Waals surface area contributed by atoms with Crippen molar-refractivity contribution in [3.8, 4) is 16.3 Å². The number of aromatic hydroxyl groups is 1. The number of carbonyl (C=O) groups is 1. The molecule has 1 aliphatic rings. The smallest absolute Gasteiger partial charge is 0.283 e. The number of nitrogens with two attached hydrogens (primary N) is 1. The van der Waals surface area contributed by atoms with Gasteiger partial charge >= 0.3 is 0 Å². The lowest BCUT2D eigenvalue weighted by Crippen LogP contribution is -2.17. The fraction of sp³-hybridized carbons (Fsp3) is 0. The predicted octanol–water partition coefficient (Wildman–Crippen LogP) is 2.07. The van der Waals surface area contributed by atoms with Gasteiger partial charge in [-0.25, -0.2) is 0 Å². The molecular formula is C18H12N4O4S. The zero-order valence-corrected chi connectivity index (χ0v) is 14.5. The molecular weight excluding hydrogens is 368 g/mol. The highest BCUT2D eigenvalue weighted by Gasteiger charge is 2.16. The summed E-state index contributed by atoms with van der Waals surface area (Å²) in [7, 11) is 0. The van der Waals surface area contributed by atoms with Gasteiger partial charge in [-0.15, -0.1) is 0 Å². The van der Waals surface area contributed by atoms with Crippen LogP contribution >= 0.6 is 11.3 Å². The van der Waals surface area contributed by atoms with Crippen LogP contribution in [0.15, 0.2) is 58.6 Å². The molecule has 0 fully saturated rings. The molecule has 27 heavy (non-hydrogen) atoms. The molecule has 4 rings (SSSR count). The summed E-state index contributed by atoms with van der Waals surface area (Å²) in [6.07, 6.45) is 5.36. The summed E-state index contributed by atoms with van der Waals surface area (Å²) in [6, 6.07) is 6.46. The van der Waals surface area contributed by atoms with E-state index in [2.05, 4.69) is 10.1 Å². The minimum absolute atomic E-state index is 0.0944. The fourth-order valence-electron chi connectivity index (χ4n) is 2.53. The molecule has 0 saturated carbocycles. The van der Waals surface area contributed by atoms with E-state index in [1.54, 1.807) is 12.1 Å². The first-order valence-electron chi connectivity index (χ1n) is 7.76. The molecule has 3 aromatic rings. The second-order valence-corrected chi connectivity index (χ2v) is 6.69. The SMILES string of the molecule is Nc1c(C=C2C=CC(=O)C(O)=C2)c(=O)nc2sc(-c3ccc(O)cc3)nn12. The molecule has 1 aliphatic carbocycles. The Morgan fingerprint density at radius 2 is 1.85 bits per heavy atom.